The van der Waals surface area contributed by atoms with E-state index in [2.05, 4.69) is 6.58 Å². The van der Waals surface area contributed by atoms with Gasteiger partial charge in [0.25, 0.3) is 0 Å². The fourth-order valence-electron chi connectivity index (χ4n) is 3.16. The van der Waals surface area contributed by atoms with Crippen molar-refractivity contribution in [1.82, 2.24) is 0 Å². The second kappa shape index (κ2) is 7.95. The van der Waals surface area contributed by atoms with E-state index < -0.39 is 0 Å². The van der Waals surface area contributed by atoms with Crippen molar-refractivity contribution < 1.29 is 18.9 Å². The average molecular weight is 318 g/mol. The topological polar surface area (TPSA) is 36.9 Å². The molecule has 1 aromatic rings. The molecule has 0 radical (unpaired) electrons. The Bertz CT molecular complexity index is 505. The molecule has 2 aliphatic rings. The highest BCUT2D eigenvalue weighted by atomic mass is 16.7. The maximum atomic E-state index is 6.13. The van der Waals surface area contributed by atoms with E-state index in [9.17, 15) is 0 Å². The molecule has 1 saturated heterocycles. The van der Waals surface area contributed by atoms with Crippen molar-refractivity contribution in [2.24, 2.45) is 0 Å². The van der Waals surface area contributed by atoms with Crippen molar-refractivity contribution in [3.8, 4) is 5.75 Å². The Morgan fingerprint density at radius 2 is 1.91 bits per heavy atom. The van der Waals surface area contributed by atoms with Gasteiger partial charge in [0.15, 0.2) is 6.29 Å². The van der Waals surface area contributed by atoms with E-state index in [1.165, 1.54) is 12.0 Å². The molecular formula is C19H26O4. The number of hydrogen-bond acceptors (Lipinski definition) is 4. The first kappa shape index (κ1) is 16.5. The van der Waals surface area contributed by atoms with Gasteiger partial charge in [-0.05, 0) is 49.8 Å². The zero-order chi connectivity index (χ0) is 16.1. The van der Waals surface area contributed by atoms with Crippen LogP contribution in [0.2, 0.25) is 0 Å². The summed E-state index contributed by atoms with van der Waals surface area (Å²) in [5.74, 6) is 0.860. The van der Waals surface area contributed by atoms with Crippen LogP contribution in [0.1, 0.15) is 37.7 Å². The Hall–Kier alpha value is -1.36. The van der Waals surface area contributed by atoms with Crippen molar-refractivity contribution in [1.29, 1.82) is 0 Å². The van der Waals surface area contributed by atoms with E-state index in [0.717, 1.165) is 43.6 Å². The highest BCUT2D eigenvalue weighted by Gasteiger charge is 2.33. The van der Waals surface area contributed by atoms with E-state index in [0.29, 0.717) is 6.61 Å². The molecule has 1 unspecified atom stereocenters. The molecule has 3 rings (SSSR count). The molecular weight excluding hydrogens is 292 g/mol. The minimum Gasteiger partial charge on any atom is -0.497 e. The molecule has 4 nitrogen and oxygen atoms in total. The molecule has 0 spiro atoms. The minimum atomic E-state index is -0.0771. The SMILES string of the molecule is C=C1C[C@@H](OCc2ccc(OC)cc2)[C@H](OC2CCCCO2)C1. The van der Waals surface area contributed by atoms with Crippen molar-refractivity contribution in [3.05, 3.63) is 42.0 Å². The van der Waals surface area contributed by atoms with Gasteiger partial charge in [-0.1, -0.05) is 24.3 Å². The molecule has 0 amide bonds. The Morgan fingerprint density at radius 3 is 2.61 bits per heavy atom. The third kappa shape index (κ3) is 4.56. The zero-order valence-electron chi connectivity index (χ0n) is 13.8. The summed E-state index contributed by atoms with van der Waals surface area (Å²) >= 11 is 0. The maximum absolute atomic E-state index is 6.13. The van der Waals surface area contributed by atoms with Crippen LogP contribution in [0.5, 0.6) is 5.75 Å². The van der Waals surface area contributed by atoms with Gasteiger partial charge >= 0.3 is 0 Å². The summed E-state index contributed by atoms with van der Waals surface area (Å²) in [6.45, 7) is 5.49. The first-order chi connectivity index (χ1) is 11.2. The lowest BCUT2D eigenvalue weighted by Crippen LogP contribution is -2.33. The van der Waals surface area contributed by atoms with Gasteiger partial charge in [-0.3, -0.25) is 0 Å². The average Bonchev–Trinajstić information content (AvgIpc) is 2.94. The van der Waals surface area contributed by atoms with E-state index in [-0.39, 0.29) is 18.5 Å². The van der Waals surface area contributed by atoms with Gasteiger partial charge in [-0.15, -0.1) is 0 Å². The molecule has 0 bridgehead atoms. The molecule has 0 aromatic heterocycles. The van der Waals surface area contributed by atoms with Crippen molar-refractivity contribution in [2.45, 2.75) is 57.2 Å². The molecule has 23 heavy (non-hydrogen) atoms. The standard InChI is InChI=1S/C19H26O4/c1-14-11-17(18(12-14)23-19-5-3-4-10-21-19)22-13-15-6-8-16(20-2)9-7-15/h6-9,17-19H,1,3-5,10-13H2,2H3/t17-,18-,19?/m1/s1. The molecule has 1 aromatic carbocycles. The van der Waals surface area contributed by atoms with Gasteiger partial charge in [0.2, 0.25) is 0 Å². The lowest BCUT2D eigenvalue weighted by molar-refractivity contribution is -0.207. The molecule has 2 fully saturated rings. The fraction of sp³-hybridized carbons (Fsp3) is 0.579. The first-order valence-electron chi connectivity index (χ1n) is 8.43. The smallest absolute Gasteiger partial charge is 0.158 e. The van der Waals surface area contributed by atoms with Gasteiger partial charge in [0, 0.05) is 6.61 Å². The molecule has 4 heteroatoms. The predicted octanol–water partition coefficient (Wildman–Crippen LogP) is 3.84. The van der Waals surface area contributed by atoms with Crippen LogP contribution in [0.4, 0.5) is 0 Å². The third-order valence-electron chi connectivity index (χ3n) is 4.48. The summed E-state index contributed by atoms with van der Waals surface area (Å²) in [4.78, 5) is 0. The molecule has 0 N–H and O–H groups in total. The number of benzene rings is 1. The Balaban J connectivity index is 1.52. The van der Waals surface area contributed by atoms with Crippen LogP contribution in [-0.2, 0) is 20.8 Å². The maximum Gasteiger partial charge on any atom is 0.158 e. The Labute approximate surface area is 138 Å². The lowest BCUT2D eigenvalue weighted by atomic mass is 10.2. The van der Waals surface area contributed by atoms with Crippen molar-refractivity contribution in [3.63, 3.8) is 0 Å². The summed E-state index contributed by atoms with van der Waals surface area (Å²) < 4.78 is 23.1. The number of ether oxygens (including phenoxy) is 4. The summed E-state index contributed by atoms with van der Waals surface area (Å²) in [5.41, 5.74) is 2.33. The summed E-state index contributed by atoms with van der Waals surface area (Å²) in [7, 11) is 1.67. The van der Waals surface area contributed by atoms with Gasteiger partial charge in [-0.2, -0.15) is 0 Å². The zero-order valence-corrected chi connectivity index (χ0v) is 13.8. The van der Waals surface area contributed by atoms with Crippen LogP contribution in [-0.4, -0.2) is 32.2 Å². The van der Waals surface area contributed by atoms with Gasteiger partial charge < -0.3 is 18.9 Å². The second-order valence-corrected chi connectivity index (χ2v) is 6.33. The van der Waals surface area contributed by atoms with E-state index >= 15 is 0 Å². The van der Waals surface area contributed by atoms with Crippen LogP contribution < -0.4 is 4.74 Å². The Kier molecular flexibility index (Phi) is 5.70. The number of methoxy groups -OCH3 is 1. The van der Waals surface area contributed by atoms with E-state index in [1.807, 2.05) is 24.3 Å². The molecule has 1 saturated carbocycles. The highest BCUT2D eigenvalue weighted by molar-refractivity contribution is 5.26. The second-order valence-electron chi connectivity index (χ2n) is 6.33. The number of hydrogen-bond donors (Lipinski definition) is 0. The van der Waals surface area contributed by atoms with Gasteiger partial charge in [0.05, 0.1) is 25.9 Å². The monoisotopic (exact) mass is 318 g/mol. The minimum absolute atomic E-state index is 0.0591. The first-order valence-corrected chi connectivity index (χ1v) is 8.43. The van der Waals surface area contributed by atoms with Crippen LogP contribution in [0.15, 0.2) is 36.4 Å². The Morgan fingerprint density at radius 1 is 1.13 bits per heavy atom. The van der Waals surface area contributed by atoms with E-state index in [1.54, 1.807) is 7.11 Å². The molecule has 1 aliphatic carbocycles. The van der Waals surface area contributed by atoms with Gasteiger partial charge in [-0.25, -0.2) is 0 Å². The molecule has 3 atom stereocenters. The normalized spacial score (nSPS) is 28.0. The van der Waals surface area contributed by atoms with Crippen LogP contribution in [0.3, 0.4) is 0 Å². The third-order valence-corrected chi connectivity index (χ3v) is 4.48. The summed E-state index contributed by atoms with van der Waals surface area (Å²) in [6.07, 6.45) is 5.07. The number of rotatable bonds is 6. The molecule has 126 valence electrons. The van der Waals surface area contributed by atoms with Crippen LogP contribution in [0, 0.1) is 0 Å². The summed E-state index contributed by atoms with van der Waals surface area (Å²) in [5, 5.41) is 0. The fourth-order valence-corrected chi connectivity index (χ4v) is 3.16. The van der Waals surface area contributed by atoms with Crippen molar-refractivity contribution in [2.75, 3.05) is 13.7 Å². The molecule has 1 heterocycles. The largest absolute Gasteiger partial charge is 0.497 e. The predicted molar refractivity (Wildman–Crippen MR) is 88.4 cm³/mol. The van der Waals surface area contributed by atoms with Crippen molar-refractivity contribution >= 4 is 0 Å². The van der Waals surface area contributed by atoms with Crippen LogP contribution >= 0.6 is 0 Å². The van der Waals surface area contributed by atoms with E-state index in [4.69, 9.17) is 18.9 Å². The lowest BCUT2D eigenvalue weighted by Gasteiger charge is -2.28. The van der Waals surface area contributed by atoms with Gasteiger partial charge in [0.1, 0.15) is 5.75 Å². The quantitative estimate of drug-likeness (QED) is 0.747. The summed E-state index contributed by atoms with van der Waals surface area (Å²) in [6, 6.07) is 7.97. The molecule has 1 aliphatic heterocycles. The van der Waals surface area contributed by atoms with Crippen LogP contribution in [0.25, 0.3) is 0 Å². The highest BCUT2D eigenvalue weighted by Crippen LogP contribution is 2.31.